The number of rotatable bonds is 28. The summed E-state index contributed by atoms with van der Waals surface area (Å²) in [4.78, 5) is 14.7. The van der Waals surface area contributed by atoms with E-state index in [4.69, 9.17) is 18.9 Å². The number of esters is 1. The second kappa shape index (κ2) is 27.3. The van der Waals surface area contributed by atoms with Crippen LogP contribution < -0.4 is 0 Å². The van der Waals surface area contributed by atoms with Gasteiger partial charge in [-0.1, -0.05) is 98.8 Å². The molecule has 216 valence electrons. The van der Waals surface area contributed by atoms with Crippen LogP contribution in [0.5, 0.6) is 0 Å². The molecule has 0 spiro atoms. The van der Waals surface area contributed by atoms with Crippen LogP contribution in [0.1, 0.15) is 125 Å². The number of likely N-dealkylation sites (N-methyl/N-ethyl adjacent to an activating group) is 1. The maximum absolute atomic E-state index is 12.3. The van der Waals surface area contributed by atoms with E-state index in [2.05, 4.69) is 39.5 Å². The summed E-state index contributed by atoms with van der Waals surface area (Å²) in [5, 5.41) is 0. The zero-order chi connectivity index (χ0) is 26.7. The topological polar surface area (TPSA) is 57.2 Å². The van der Waals surface area contributed by atoms with Crippen molar-refractivity contribution in [2.45, 2.75) is 131 Å². The Morgan fingerprint density at radius 1 is 0.694 bits per heavy atom. The van der Waals surface area contributed by atoms with Crippen LogP contribution in [0.2, 0.25) is 0 Å². The molecule has 1 unspecified atom stereocenters. The molecule has 6 nitrogen and oxygen atoms in total. The molecule has 0 aromatic rings. The van der Waals surface area contributed by atoms with Crippen LogP contribution in [0.25, 0.3) is 0 Å². The second-order valence-corrected chi connectivity index (χ2v) is 10.1. The number of ether oxygens (including phenoxy) is 4. The molecule has 0 amide bonds. The molecule has 1 atom stereocenters. The predicted octanol–water partition coefficient (Wildman–Crippen LogP) is 7.38. The van der Waals surface area contributed by atoms with Crippen LogP contribution in [-0.2, 0) is 23.7 Å². The molecule has 0 bridgehead atoms. The van der Waals surface area contributed by atoms with Crippen LogP contribution in [0.3, 0.4) is 0 Å². The monoisotopic (exact) mass is 515 g/mol. The summed E-state index contributed by atoms with van der Waals surface area (Å²) < 4.78 is 23.3. The van der Waals surface area contributed by atoms with Gasteiger partial charge in [0.15, 0.2) is 6.29 Å². The Morgan fingerprint density at radius 2 is 1.22 bits per heavy atom. The van der Waals surface area contributed by atoms with E-state index < -0.39 is 0 Å². The molecule has 0 rings (SSSR count). The Balaban J connectivity index is 4.14. The highest BCUT2D eigenvalue weighted by Gasteiger charge is 2.14. The molecule has 0 aliphatic heterocycles. The molecule has 0 heterocycles. The van der Waals surface area contributed by atoms with Crippen LogP contribution >= 0.6 is 0 Å². The molecule has 0 aromatic heterocycles. The van der Waals surface area contributed by atoms with Gasteiger partial charge in [0, 0.05) is 32.1 Å². The second-order valence-electron chi connectivity index (χ2n) is 10.1. The quantitative estimate of drug-likeness (QED) is 0.0615. The minimum Gasteiger partial charge on any atom is -0.465 e. The third kappa shape index (κ3) is 23.7. The van der Waals surface area contributed by atoms with Crippen molar-refractivity contribution in [2.75, 3.05) is 52.7 Å². The van der Waals surface area contributed by atoms with Crippen molar-refractivity contribution >= 4 is 5.97 Å². The summed E-state index contributed by atoms with van der Waals surface area (Å²) in [7, 11) is 0. The summed E-state index contributed by atoms with van der Waals surface area (Å²) in [5.41, 5.74) is 0. The van der Waals surface area contributed by atoms with Gasteiger partial charge in [0.05, 0.1) is 26.2 Å². The predicted molar refractivity (Wildman–Crippen MR) is 150 cm³/mol. The highest BCUT2D eigenvalue weighted by molar-refractivity contribution is 5.69. The number of carbonyl (C=O) groups excluding carboxylic acids is 1. The number of hydrogen-bond donors (Lipinski definition) is 0. The first-order valence-corrected chi connectivity index (χ1v) is 15.3. The van der Waals surface area contributed by atoms with Crippen molar-refractivity contribution in [3.8, 4) is 0 Å². The SMILES string of the molecule is CCCCCCCCOC(CCC(=O)OCC(C)COCCN(CC)CC)OCCCCCCCC. The van der Waals surface area contributed by atoms with Gasteiger partial charge in [-0.3, -0.25) is 4.79 Å². The fourth-order valence-electron chi connectivity index (χ4n) is 4.02. The standard InChI is InChI=1S/C30H61NO5/c1-6-10-12-14-16-18-23-34-30(35-24-19-17-15-13-11-7-2)21-20-29(32)36-27-28(5)26-33-25-22-31(8-3)9-4/h28,30H,6-27H2,1-5H3. The largest absolute Gasteiger partial charge is 0.465 e. The lowest BCUT2D eigenvalue weighted by molar-refractivity contribution is -0.160. The fourth-order valence-corrected chi connectivity index (χ4v) is 4.02. The maximum Gasteiger partial charge on any atom is 0.305 e. The van der Waals surface area contributed by atoms with Crippen LogP contribution in [0.15, 0.2) is 0 Å². The number of hydrogen-bond acceptors (Lipinski definition) is 6. The molecule has 6 heteroatoms. The molecule has 0 saturated heterocycles. The van der Waals surface area contributed by atoms with Crippen molar-refractivity contribution in [1.82, 2.24) is 4.90 Å². The van der Waals surface area contributed by atoms with E-state index in [1.165, 1.54) is 64.2 Å². The first kappa shape index (κ1) is 35.3. The van der Waals surface area contributed by atoms with Crippen LogP contribution in [-0.4, -0.2) is 69.8 Å². The van der Waals surface area contributed by atoms with E-state index in [1.54, 1.807) is 0 Å². The van der Waals surface area contributed by atoms with Gasteiger partial charge in [-0.25, -0.2) is 0 Å². The molecule has 0 N–H and O–H groups in total. The van der Waals surface area contributed by atoms with Crippen molar-refractivity contribution in [2.24, 2.45) is 5.92 Å². The normalized spacial score (nSPS) is 12.5. The molecule has 0 fully saturated rings. The van der Waals surface area contributed by atoms with E-state index in [-0.39, 0.29) is 18.2 Å². The molecule has 36 heavy (non-hydrogen) atoms. The maximum atomic E-state index is 12.3. The molecule has 0 radical (unpaired) electrons. The lowest BCUT2D eigenvalue weighted by Gasteiger charge is -2.19. The minimum atomic E-state index is -0.315. The number of unbranched alkanes of at least 4 members (excludes halogenated alkanes) is 10. The molecule has 0 aliphatic carbocycles. The Bertz CT molecular complexity index is 441. The zero-order valence-corrected chi connectivity index (χ0v) is 24.7. The first-order valence-electron chi connectivity index (χ1n) is 15.3. The summed E-state index contributed by atoms with van der Waals surface area (Å²) >= 11 is 0. The van der Waals surface area contributed by atoms with Gasteiger partial charge in [0.25, 0.3) is 0 Å². The third-order valence-electron chi connectivity index (χ3n) is 6.56. The van der Waals surface area contributed by atoms with Gasteiger partial charge in [-0.15, -0.1) is 0 Å². The Kier molecular flexibility index (Phi) is 26.8. The zero-order valence-electron chi connectivity index (χ0n) is 24.7. The van der Waals surface area contributed by atoms with Gasteiger partial charge >= 0.3 is 5.97 Å². The van der Waals surface area contributed by atoms with Gasteiger partial charge in [0.1, 0.15) is 0 Å². The van der Waals surface area contributed by atoms with Gasteiger partial charge < -0.3 is 23.8 Å². The van der Waals surface area contributed by atoms with Crippen LogP contribution in [0.4, 0.5) is 0 Å². The average Bonchev–Trinajstić information content (AvgIpc) is 2.89. The third-order valence-corrected chi connectivity index (χ3v) is 6.56. The van der Waals surface area contributed by atoms with Crippen LogP contribution in [0, 0.1) is 5.92 Å². The summed E-state index contributed by atoms with van der Waals surface area (Å²) in [6.45, 7) is 17.0. The van der Waals surface area contributed by atoms with Crippen molar-refractivity contribution in [3.05, 3.63) is 0 Å². The molecule has 0 saturated carbocycles. The number of carbonyl (C=O) groups is 1. The van der Waals surface area contributed by atoms with Gasteiger partial charge in [0.2, 0.25) is 0 Å². The average molecular weight is 516 g/mol. The van der Waals surface area contributed by atoms with E-state index in [0.717, 1.165) is 32.5 Å². The van der Waals surface area contributed by atoms with Crippen molar-refractivity contribution in [3.63, 3.8) is 0 Å². The summed E-state index contributed by atoms with van der Waals surface area (Å²) in [5.74, 6) is 0.00990. The smallest absolute Gasteiger partial charge is 0.305 e. The van der Waals surface area contributed by atoms with Gasteiger partial charge in [-0.2, -0.15) is 0 Å². The Hall–Kier alpha value is -0.690. The molecule has 0 aromatic carbocycles. The molecular weight excluding hydrogens is 454 g/mol. The highest BCUT2D eigenvalue weighted by Crippen LogP contribution is 2.12. The summed E-state index contributed by atoms with van der Waals surface area (Å²) in [6, 6.07) is 0. The van der Waals surface area contributed by atoms with E-state index in [1.807, 2.05) is 0 Å². The highest BCUT2D eigenvalue weighted by atomic mass is 16.7. The van der Waals surface area contributed by atoms with E-state index in [9.17, 15) is 4.79 Å². The van der Waals surface area contributed by atoms with Gasteiger partial charge in [-0.05, 0) is 25.9 Å². The Morgan fingerprint density at radius 3 is 1.75 bits per heavy atom. The first-order chi connectivity index (χ1) is 17.6. The van der Waals surface area contributed by atoms with Crippen molar-refractivity contribution < 1.29 is 23.7 Å². The van der Waals surface area contributed by atoms with E-state index in [0.29, 0.717) is 45.9 Å². The molecular formula is C30H61NO5. The van der Waals surface area contributed by atoms with E-state index >= 15 is 0 Å². The Labute approximate surface area is 224 Å². The minimum absolute atomic E-state index is 0.179. The fraction of sp³-hybridized carbons (Fsp3) is 0.967. The van der Waals surface area contributed by atoms with Crippen molar-refractivity contribution in [1.29, 1.82) is 0 Å². The lowest BCUT2D eigenvalue weighted by atomic mass is 10.1. The summed E-state index contributed by atoms with van der Waals surface area (Å²) in [6.07, 6.45) is 15.4. The number of nitrogens with zero attached hydrogens (tertiary/aromatic N) is 1. The molecule has 0 aliphatic rings. The lowest BCUT2D eigenvalue weighted by Crippen LogP contribution is -2.28.